The van der Waals surface area contributed by atoms with Crippen LogP contribution in [0.5, 0.6) is 0 Å². The third-order valence-corrected chi connectivity index (χ3v) is 2.01. The van der Waals surface area contributed by atoms with Gasteiger partial charge in [0.2, 0.25) is 0 Å². The van der Waals surface area contributed by atoms with E-state index in [1.54, 1.807) is 6.20 Å². The van der Waals surface area contributed by atoms with Crippen molar-refractivity contribution in [1.82, 2.24) is 4.98 Å². The highest BCUT2D eigenvalue weighted by atomic mass is 15.0. The van der Waals surface area contributed by atoms with E-state index in [0.717, 1.165) is 18.8 Å². The fourth-order valence-electron chi connectivity index (χ4n) is 1.12. The monoisotopic (exact) mass is 193 g/mol. The Labute approximate surface area is 85.7 Å². The third kappa shape index (κ3) is 3.64. The van der Waals surface area contributed by atoms with Crippen LogP contribution in [0.25, 0.3) is 0 Å². The maximum absolute atomic E-state index is 5.75. The van der Waals surface area contributed by atoms with E-state index in [1.807, 2.05) is 12.1 Å². The van der Waals surface area contributed by atoms with Crippen LogP contribution in [-0.4, -0.2) is 11.5 Å². The molecule has 3 heteroatoms. The summed E-state index contributed by atoms with van der Waals surface area (Å²) >= 11 is 0. The summed E-state index contributed by atoms with van der Waals surface area (Å²) in [5.74, 6) is 0.789. The van der Waals surface area contributed by atoms with Crippen molar-refractivity contribution in [2.45, 2.75) is 27.2 Å². The van der Waals surface area contributed by atoms with Gasteiger partial charge in [0, 0.05) is 12.7 Å². The van der Waals surface area contributed by atoms with Crippen molar-refractivity contribution in [3.05, 3.63) is 18.3 Å². The van der Waals surface area contributed by atoms with Crippen LogP contribution in [-0.2, 0) is 0 Å². The number of aromatic nitrogens is 1. The van der Waals surface area contributed by atoms with Crippen LogP contribution in [0.15, 0.2) is 18.3 Å². The maximum Gasteiger partial charge on any atom is 0.149 e. The highest BCUT2D eigenvalue weighted by molar-refractivity contribution is 5.60. The van der Waals surface area contributed by atoms with Gasteiger partial charge in [0.1, 0.15) is 5.82 Å². The second-order valence-corrected chi connectivity index (χ2v) is 4.68. The molecule has 3 nitrogen and oxygen atoms in total. The summed E-state index contributed by atoms with van der Waals surface area (Å²) in [6.45, 7) is 7.56. The Morgan fingerprint density at radius 2 is 2.14 bits per heavy atom. The zero-order chi connectivity index (χ0) is 10.6. The van der Waals surface area contributed by atoms with Crippen molar-refractivity contribution in [2.75, 3.05) is 17.6 Å². The number of hydrogen-bond donors (Lipinski definition) is 2. The second kappa shape index (κ2) is 4.31. The molecule has 0 amide bonds. The number of nitrogens with one attached hydrogen (secondary N) is 1. The minimum absolute atomic E-state index is 0.344. The molecular weight excluding hydrogens is 174 g/mol. The van der Waals surface area contributed by atoms with Gasteiger partial charge in [0.25, 0.3) is 0 Å². The smallest absolute Gasteiger partial charge is 0.149 e. The van der Waals surface area contributed by atoms with E-state index in [-0.39, 0.29) is 0 Å². The lowest BCUT2D eigenvalue weighted by molar-refractivity contribution is 0.389. The minimum atomic E-state index is 0.344. The minimum Gasteiger partial charge on any atom is -0.396 e. The van der Waals surface area contributed by atoms with E-state index in [0.29, 0.717) is 11.1 Å². The molecule has 0 radical (unpaired) electrons. The quantitative estimate of drug-likeness (QED) is 0.775. The fraction of sp³-hybridized carbons (Fsp3) is 0.545. The summed E-state index contributed by atoms with van der Waals surface area (Å²) in [7, 11) is 0. The summed E-state index contributed by atoms with van der Waals surface area (Å²) in [6.07, 6.45) is 2.85. The molecule has 0 aliphatic rings. The normalized spacial score (nSPS) is 11.4. The van der Waals surface area contributed by atoms with Gasteiger partial charge in [0.05, 0.1) is 5.69 Å². The first kappa shape index (κ1) is 10.8. The van der Waals surface area contributed by atoms with Crippen LogP contribution in [0.2, 0.25) is 0 Å². The molecule has 1 aromatic heterocycles. The molecule has 0 aliphatic carbocycles. The topological polar surface area (TPSA) is 50.9 Å². The average molecular weight is 193 g/mol. The first-order valence-corrected chi connectivity index (χ1v) is 4.93. The zero-order valence-electron chi connectivity index (χ0n) is 9.17. The van der Waals surface area contributed by atoms with Crippen molar-refractivity contribution in [2.24, 2.45) is 5.41 Å². The molecule has 3 N–H and O–H groups in total. The van der Waals surface area contributed by atoms with Crippen molar-refractivity contribution < 1.29 is 0 Å². The van der Waals surface area contributed by atoms with Gasteiger partial charge in [-0.1, -0.05) is 20.8 Å². The van der Waals surface area contributed by atoms with Gasteiger partial charge < -0.3 is 11.1 Å². The molecule has 1 heterocycles. The van der Waals surface area contributed by atoms with Crippen molar-refractivity contribution in [1.29, 1.82) is 0 Å². The van der Waals surface area contributed by atoms with Crippen LogP contribution >= 0.6 is 0 Å². The van der Waals surface area contributed by atoms with E-state index in [9.17, 15) is 0 Å². The fourth-order valence-corrected chi connectivity index (χ4v) is 1.12. The van der Waals surface area contributed by atoms with E-state index in [2.05, 4.69) is 31.1 Å². The van der Waals surface area contributed by atoms with Crippen molar-refractivity contribution in [3.8, 4) is 0 Å². The molecule has 0 unspecified atom stereocenters. The van der Waals surface area contributed by atoms with E-state index in [4.69, 9.17) is 5.73 Å². The van der Waals surface area contributed by atoms with E-state index < -0.39 is 0 Å². The van der Waals surface area contributed by atoms with Crippen molar-refractivity contribution >= 4 is 11.5 Å². The number of nitrogens with zero attached hydrogens (tertiary/aromatic N) is 1. The SMILES string of the molecule is CC(C)(C)CCNc1ncccc1N. The molecule has 0 spiro atoms. The first-order chi connectivity index (χ1) is 6.49. The molecule has 0 aliphatic heterocycles. The summed E-state index contributed by atoms with van der Waals surface area (Å²) < 4.78 is 0. The van der Waals surface area contributed by atoms with Crippen LogP contribution in [0.4, 0.5) is 11.5 Å². The van der Waals surface area contributed by atoms with Gasteiger partial charge in [0.15, 0.2) is 0 Å². The van der Waals surface area contributed by atoms with Gasteiger partial charge in [-0.05, 0) is 24.0 Å². The van der Waals surface area contributed by atoms with E-state index >= 15 is 0 Å². The van der Waals surface area contributed by atoms with Gasteiger partial charge in [-0.2, -0.15) is 0 Å². The Balaban J connectivity index is 2.43. The summed E-state index contributed by atoms with van der Waals surface area (Å²) in [5.41, 5.74) is 6.80. The Hall–Kier alpha value is -1.25. The van der Waals surface area contributed by atoms with Gasteiger partial charge in [-0.3, -0.25) is 0 Å². The van der Waals surface area contributed by atoms with Gasteiger partial charge >= 0.3 is 0 Å². The third-order valence-electron chi connectivity index (χ3n) is 2.01. The number of rotatable bonds is 3. The highest BCUT2D eigenvalue weighted by Gasteiger charge is 2.09. The van der Waals surface area contributed by atoms with Crippen LogP contribution < -0.4 is 11.1 Å². The molecule has 1 aromatic rings. The predicted molar refractivity (Wildman–Crippen MR) is 61.2 cm³/mol. The second-order valence-electron chi connectivity index (χ2n) is 4.68. The number of nitrogens with two attached hydrogens (primary N) is 1. The lowest BCUT2D eigenvalue weighted by Crippen LogP contribution is -2.14. The summed E-state index contributed by atoms with van der Waals surface area (Å²) in [5, 5.41) is 3.23. The molecule has 0 fully saturated rings. The Morgan fingerprint density at radius 3 is 2.71 bits per heavy atom. The Kier molecular flexibility index (Phi) is 3.33. The zero-order valence-corrected chi connectivity index (χ0v) is 9.17. The number of hydrogen-bond acceptors (Lipinski definition) is 3. The molecule has 0 atom stereocenters. The molecule has 0 saturated heterocycles. The highest BCUT2D eigenvalue weighted by Crippen LogP contribution is 2.19. The Morgan fingerprint density at radius 1 is 1.43 bits per heavy atom. The van der Waals surface area contributed by atoms with Gasteiger partial charge in [-0.15, -0.1) is 0 Å². The number of nitrogen functional groups attached to an aromatic ring is 1. The lowest BCUT2D eigenvalue weighted by atomic mass is 9.92. The summed E-state index contributed by atoms with van der Waals surface area (Å²) in [6, 6.07) is 3.69. The maximum atomic E-state index is 5.75. The van der Waals surface area contributed by atoms with Gasteiger partial charge in [-0.25, -0.2) is 4.98 Å². The predicted octanol–water partition coefficient (Wildman–Crippen LogP) is 2.51. The molecule has 0 aromatic carbocycles. The molecule has 14 heavy (non-hydrogen) atoms. The lowest BCUT2D eigenvalue weighted by Gasteiger charge is -2.18. The largest absolute Gasteiger partial charge is 0.396 e. The van der Waals surface area contributed by atoms with Crippen molar-refractivity contribution in [3.63, 3.8) is 0 Å². The number of pyridine rings is 1. The van der Waals surface area contributed by atoms with E-state index in [1.165, 1.54) is 0 Å². The first-order valence-electron chi connectivity index (χ1n) is 4.93. The standard InChI is InChI=1S/C11H19N3/c1-11(2,3)6-8-14-10-9(12)5-4-7-13-10/h4-5,7H,6,8,12H2,1-3H3,(H,13,14). The Bertz CT molecular complexity index is 289. The molecule has 78 valence electrons. The summed E-state index contributed by atoms with van der Waals surface area (Å²) in [4.78, 5) is 4.16. The van der Waals surface area contributed by atoms with Crippen LogP contribution in [0.3, 0.4) is 0 Å². The van der Waals surface area contributed by atoms with Crippen LogP contribution in [0.1, 0.15) is 27.2 Å². The molecule has 0 bridgehead atoms. The molecule has 1 rings (SSSR count). The molecule has 0 saturated carbocycles. The molecular formula is C11H19N3. The average Bonchev–Trinajstić information content (AvgIpc) is 2.06. The van der Waals surface area contributed by atoms with Crippen LogP contribution in [0, 0.1) is 5.41 Å². The number of anilines is 2.